The molecule has 0 radical (unpaired) electrons. The fourth-order valence-electron chi connectivity index (χ4n) is 1.70. The van der Waals surface area contributed by atoms with Gasteiger partial charge in [0, 0.05) is 17.5 Å². The van der Waals surface area contributed by atoms with Crippen LogP contribution >= 0.6 is 6.72 Å². The van der Waals surface area contributed by atoms with Crippen molar-refractivity contribution in [3.8, 4) is 11.9 Å². The molecule has 7 nitrogen and oxygen atoms in total. The number of ether oxygens (including phenoxy) is 1. The zero-order chi connectivity index (χ0) is 17.5. The first-order valence-corrected chi connectivity index (χ1v) is 9.63. The Morgan fingerprint density at radius 3 is 2.39 bits per heavy atom. The second-order valence-corrected chi connectivity index (χ2v) is 7.13. The Kier molecular flexibility index (Phi) is 7.59. The standard InChI is InChI=1S/C14H19N2O5PS/c1-5-18-14(17)11-8-10(4)16-13(12(11)9-15)21-22(23,19-6-2)20-7-3/h8H,5-7H2,1-4H3. The van der Waals surface area contributed by atoms with E-state index >= 15 is 0 Å². The molecule has 0 unspecified atom stereocenters. The summed E-state index contributed by atoms with van der Waals surface area (Å²) in [7, 11) is 0. The Bertz CT molecular complexity index is 649. The van der Waals surface area contributed by atoms with Crippen molar-refractivity contribution in [1.82, 2.24) is 4.98 Å². The molecule has 23 heavy (non-hydrogen) atoms. The molecule has 0 fully saturated rings. The van der Waals surface area contributed by atoms with Crippen molar-refractivity contribution in [1.29, 1.82) is 5.26 Å². The van der Waals surface area contributed by atoms with Gasteiger partial charge in [-0.1, -0.05) is 0 Å². The van der Waals surface area contributed by atoms with E-state index in [9.17, 15) is 10.1 Å². The molecule has 0 atom stereocenters. The predicted octanol–water partition coefficient (Wildman–Crippen LogP) is 3.11. The molecule has 9 heteroatoms. The monoisotopic (exact) mass is 358 g/mol. The second kappa shape index (κ2) is 8.94. The van der Waals surface area contributed by atoms with Crippen molar-refractivity contribution < 1.29 is 23.1 Å². The van der Waals surface area contributed by atoms with Crippen LogP contribution in [0.2, 0.25) is 0 Å². The first kappa shape index (κ1) is 19.5. The van der Waals surface area contributed by atoms with Gasteiger partial charge in [-0.3, -0.25) is 9.05 Å². The molecule has 0 spiro atoms. The van der Waals surface area contributed by atoms with Crippen LogP contribution in [-0.4, -0.2) is 30.8 Å². The zero-order valence-corrected chi connectivity index (χ0v) is 15.2. The van der Waals surface area contributed by atoms with Crippen LogP contribution in [0.4, 0.5) is 0 Å². The smallest absolute Gasteiger partial charge is 0.381 e. The highest BCUT2D eigenvalue weighted by Gasteiger charge is 2.27. The molecule has 0 aliphatic carbocycles. The lowest BCUT2D eigenvalue weighted by molar-refractivity contribution is 0.0525. The van der Waals surface area contributed by atoms with Gasteiger partial charge in [0.1, 0.15) is 11.6 Å². The Morgan fingerprint density at radius 1 is 1.30 bits per heavy atom. The maximum Gasteiger partial charge on any atom is 0.381 e. The Balaban J connectivity index is 3.33. The highest BCUT2D eigenvalue weighted by molar-refractivity contribution is 8.07. The number of nitriles is 1. The van der Waals surface area contributed by atoms with E-state index in [4.69, 9.17) is 30.1 Å². The second-order valence-electron chi connectivity index (χ2n) is 4.20. The molecule has 1 rings (SSSR count). The molecule has 1 heterocycles. The largest absolute Gasteiger partial charge is 0.462 e. The third-order valence-corrected chi connectivity index (χ3v) is 4.90. The molecule has 0 N–H and O–H groups in total. The summed E-state index contributed by atoms with van der Waals surface area (Å²) in [4.78, 5) is 16.2. The van der Waals surface area contributed by atoms with Gasteiger partial charge in [0.2, 0.25) is 5.88 Å². The van der Waals surface area contributed by atoms with E-state index in [0.717, 1.165) is 0 Å². The first-order chi connectivity index (χ1) is 10.9. The fourth-order valence-corrected chi connectivity index (χ4v) is 3.70. The molecule has 0 amide bonds. The van der Waals surface area contributed by atoms with E-state index in [1.807, 2.05) is 6.07 Å². The molecule has 0 aromatic carbocycles. The quantitative estimate of drug-likeness (QED) is 0.517. The molecular weight excluding hydrogens is 339 g/mol. The van der Waals surface area contributed by atoms with Gasteiger partial charge in [0.25, 0.3) is 0 Å². The number of carbonyl (C=O) groups is 1. The molecule has 126 valence electrons. The molecule has 1 aromatic heterocycles. The average molecular weight is 358 g/mol. The lowest BCUT2D eigenvalue weighted by atomic mass is 10.1. The number of pyridine rings is 1. The third-order valence-electron chi connectivity index (χ3n) is 2.49. The molecule has 0 aliphatic rings. The molecule has 0 bridgehead atoms. The van der Waals surface area contributed by atoms with Crippen molar-refractivity contribution in [2.45, 2.75) is 27.7 Å². The van der Waals surface area contributed by atoms with Gasteiger partial charge in [0.05, 0.1) is 25.4 Å². The van der Waals surface area contributed by atoms with Crippen LogP contribution in [0.5, 0.6) is 5.88 Å². The number of aryl methyl sites for hydroxylation is 1. The van der Waals surface area contributed by atoms with E-state index in [2.05, 4.69) is 4.98 Å². The van der Waals surface area contributed by atoms with E-state index in [1.54, 1.807) is 27.7 Å². The Morgan fingerprint density at radius 2 is 1.91 bits per heavy atom. The van der Waals surface area contributed by atoms with E-state index in [-0.39, 0.29) is 36.8 Å². The van der Waals surface area contributed by atoms with Gasteiger partial charge < -0.3 is 9.26 Å². The summed E-state index contributed by atoms with van der Waals surface area (Å²) < 4.78 is 21.3. The highest BCUT2D eigenvalue weighted by atomic mass is 32.5. The van der Waals surface area contributed by atoms with Crippen LogP contribution in [0, 0.1) is 18.3 Å². The van der Waals surface area contributed by atoms with Crippen LogP contribution < -0.4 is 4.52 Å². The lowest BCUT2D eigenvalue weighted by Gasteiger charge is -2.21. The normalized spacial score (nSPS) is 10.9. The van der Waals surface area contributed by atoms with Crippen molar-refractivity contribution >= 4 is 24.5 Å². The lowest BCUT2D eigenvalue weighted by Crippen LogP contribution is -2.11. The summed E-state index contributed by atoms with van der Waals surface area (Å²) >= 11 is 5.27. The van der Waals surface area contributed by atoms with Gasteiger partial charge in [-0.25, -0.2) is 9.78 Å². The zero-order valence-electron chi connectivity index (χ0n) is 13.5. The van der Waals surface area contributed by atoms with Gasteiger partial charge in [0.15, 0.2) is 0 Å². The number of aromatic nitrogens is 1. The minimum atomic E-state index is -3.10. The average Bonchev–Trinajstić information content (AvgIpc) is 2.47. The number of hydrogen-bond donors (Lipinski definition) is 0. The van der Waals surface area contributed by atoms with E-state index in [0.29, 0.717) is 5.69 Å². The van der Waals surface area contributed by atoms with Crippen molar-refractivity contribution in [2.24, 2.45) is 0 Å². The SMILES string of the molecule is CCOC(=O)c1cc(C)nc(OP(=S)(OCC)OCC)c1C#N. The predicted molar refractivity (Wildman–Crippen MR) is 87.8 cm³/mol. The maximum atomic E-state index is 12.0. The van der Waals surface area contributed by atoms with Gasteiger partial charge in [-0.2, -0.15) is 5.26 Å². The van der Waals surface area contributed by atoms with Gasteiger partial charge >= 0.3 is 12.7 Å². The van der Waals surface area contributed by atoms with Crippen LogP contribution in [0.3, 0.4) is 0 Å². The summed E-state index contributed by atoms with van der Waals surface area (Å²) in [5, 5.41) is 9.38. The topological polar surface area (TPSA) is 90.7 Å². The van der Waals surface area contributed by atoms with Crippen molar-refractivity contribution in [2.75, 3.05) is 19.8 Å². The van der Waals surface area contributed by atoms with Crippen LogP contribution in [-0.2, 0) is 25.6 Å². The minimum absolute atomic E-state index is 0.0531. The summed E-state index contributed by atoms with van der Waals surface area (Å²) in [5.41, 5.74) is 0.505. The summed E-state index contributed by atoms with van der Waals surface area (Å²) in [6.45, 7) is 4.52. The van der Waals surface area contributed by atoms with Gasteiger partial charge in [-0.15, -0.1) is 0 Å². The number of carbonyl (C=O) groups excluding carboxylic acids is 1. The molecule has 0 saturated heterocycles. The van der Waals surface area contributed by atoms with Crippen molar-refractivity contribution in [3.05, 3.63) is 22.9 Å². The van der Waals surface area contributed by atoms with Crippen LogP contribution in [0.1, 0.15) is 42.4 Å². The number of esters is 1. The first-order valence-electron chi connectivity index (χ1n) is 7.08. The van der Waals surface area contributed by atoms with E-state index in [1.165, 1.54) is 6.07 Å². The summed E-state index contributed by atoms with van der Waals surface area (Å²) in [5.74, 6) is -0.707. The van der Waals surface area contributed by atoms with E-state index < -0.39 is 12.7 Å². The molecule has 0 saturated carbocycles. The Labute approximate surface area is 140 Å². The van der Waals surface area contributed by atoms with Crippen LogP contribution in [0.25, 0.3) is 0 Å². The molecule has 1 aromatic rings. The molecule has 0 aliphatic heterocycles. The number of hydrogen-bond acceptors (Lipinski definition) is 8. The maximum absolute atomic E-state index is 12.0. The third kappa shape index (κ3) is 5.26. The number of rotatable bonds is 8. The van der Waals surface area contributed by atoms with Gasteiger partial charge in [-0.05, 0) is 33.8 Å². The number of nitrogens with zero attached hydrogens (tertiary/aromatic N) is 2. The summed E-state index contributed by atoms with van der Waals surface area (Å²) in [6.07, 6.45) is 0. The summed E-state index contributed by atoms with van der Waals surface area (Å²) in [6, 6.07) is 3.38. The molecular formula is C14H19N2O5PS. The highest BCUT2D eigenvalue weighted by Crippen LogP contribution is 2.50. The van der Waals surface area contributed by atoms with Crippen LogP contribution in [0.15, 0.2) is 6.07 Å². The Hall–Kier alpha value is -1.52. The minimum Gasteiger partial charge on any atom is -0.462 e. The fraction of sp³-hybridized carbons (Fsp3) is 0.500. The van der Waals surface area contributed by atoms with Crippen molar-refractivity contribution in [3.63, 3.8) is 0 Å².